The van der Waals surface area contributed by atoms with Crippen molar-refractivity contribution in [2.24, 2.45) is 22.4 Å². The molecule has 3 aliphatic rings. The molecule has 0 aromatic heterocycles. The van der Waals surface area contributed by atoms with Crippen molar-refractivity contribution in [1.29, 1.82) is 0 Å². The quantitative estimate of drug-likeness (QED) is 0.478. The van der Waals surface area contributed by atoms with Gasteiger partial charge in [-0.3, -0.25) is 10.1 Å². The Morgan fingerprint density at radius 1 is 1.21 bits per heavy atom. The van der Waals surface area contributed by atoms with Crippen LogP contribution < -0.4 is 4.74 Å². The van der Waals surface area contributed by atoms with Gasteiger partial charge in [0.25, 0.3) is 5.69 Å². The minimum Gasteiger partial charge on any atom is -0.504 e. The van der Waals surface area contributed by atoms with Gasteiger partial charge in [0.1, 0.15) is 6.61 Å². The number of methoxy groups -OCH3 is 1. The number of nitro benzene ring substituents is 1. The Morgan fingerprint density at radius 2 is 1.97 bits per heavy atom. The molecule has 0 saturated heterocycles. The molecule has 34 heavy (non-hydrogen) atoms. The van der Waals surface area contributed by atoms with Crippen molar-refractivity contribution in [2.45, 2.75) is 57.7 Å². The first-order chi connectivity index (χ1) is 16.3. The van der Waals surface area contributed by atoms with E-state index in [-0.39, 0.29) is 29.6 Å². The highest BCUT2D eigenvalue weighted by atomic mass is 16.6. The molecule has 0 aliphatic heterocycles. The van der Waals surface area contributed by atoms with Crippen LogP contribution in [0.3, 0.4) is 0 Å². The Morgan fingerprint density at radius 3 is 2.68 bits per heavy atom. The fourth-order valence-corrected chi connectivity index (χ4v) is 6.55. The molecule has 8 nitrogen and oxygen atoms in total. The van der Waals surface area contributed by atoms with E-state index in [4.69, 9.17) is 9.57 Å². The minimum absolute atomic E-state index is 0.0332. The van der Waals surface area contributed by atoms with Crippen molar-refractivity contribution >= 4 is 11.4 Å². The van der Waals surface area contributed by atoms with Crippen molar-refractivity contribution in [3.8, 4) is 11.5 Å². The van der Waals surface area contributed by atoms with E-state index in [1.165, 1.54) is 12.1 Å². The molecule has 5 rings (SSSR count). The highest BCUT2D eigenvalue weighted by Crippen LogP contribution is 2.61. The number of hydrogen-bond donors (Lipinski definition) is 2. The van der Waals surface area contributed by atoms with Crippen LogP contribution in [0.2, 0.25) is 0 Å². The Labute approximate surface area is 198 Å². The lowest BCUT2D eigenvalue weighted by Gasteiger charge is -2.50. The van der Waals surface area contributed by atoms with Crippen LogP contribution in [0.4, 0.5) is 5.69 Å². The van der Waals surface area contributed by atoms with Crippen LogP contribution in [-0.2, 0) is 11.4 Å². The van der Waals surface area contributed by atoms with Crippen LogP contribution in [0.5, 0.6) is 11.5 Å². The number of ether oxygens (including phenoxy) is 1. The molecular formula is C26H30N2O6. The van der Waals surface area contributed by atoms with E-state index in [9.17, 15) is 20.3 Å². The van der Waals surface area contributed by atoms with E-state index in [0.717, 1.165) is 54.5 Å². The van der Waals surface area contributed by atoms with Gasteiger partial charge in [-0.05, 0) is 90.7 Å². The average Bonchev–Trinajstić information content (AvgIpc) is 3.13. The first kappa shape index (κ1) is 22.7. The van der Waals surface area contributed by atoms with E-state index in [1.54, 1.807) is 25.3 Å². The van der Waals surface area contributed by atoms with Gasteiger partial charge in [-0.15, -0.1) is 0 Å². The summed E-state index contributed by atoms with van der Waals surface area (Å²) in [6.45, 7) is 2.41. The third-order valence-electron chi connectivity index (χ3n) is 8.43. The molecule has 0 spiro atoms. The van der Waals surface area contributed by atoms with Crippen LogP contribution in [-0.4, -0.2) is 34.1 Å². The van der Waals surface area contributed by atoms with Gasteiger partial charge in [0.05, 0.1) is 23.8 Å². The first-order valence-electron chi connectivity index (χ1n) is 11.8. The van der Waals surface area contributed by atoms with Crippen LogP contribution in [0.1, 0.15) is 61.6 Å². The second kappa shape index (κ2) is 8.58. The normalized spacial score (nSPS) is 30.9. The van der Waals surface area contributed by atoms with E-state index in [0.29, 0.717) is 23.5 Å². The molecule has 3 aliphatic carbocycles. The lowest BCUT2D eigenvalue weighted by Crippen LogP contribution is -2.45. The van der Waals surface area contributed by atoms with Crippen LogP contribution in [0, 0.1) is 27.4 Å². The largest absolute Gasteiger partial charge is 0.504 e. The SMILES string of the molecule is COc1cc2c(cc1O)C(=NOCc1ccc([N+](=O)[O-])cc1)C[C@@H]1[C@@H]2CC[C@]2(C)C(O)CC[C@@H]12. The number of fused-ring (bicyclic) bond motifs is 5. The fourth-order valence-electron chi connectivity index (χ4n) is 6.55. The molecule has 1 unspecified atom stereocenters. The molecule has 2 N–H and O–H groups in total. The van der Waals surface area contributed by atoms with Gasteiger partial charge in [0.15, 0.2) is 11.5 Å². The molecule has 180 valence electrons. The minimum atomic E-state index is -0.432. The number of phenolic OH excluding ortho intramolecular Hbond substituents is 1. The maximum Gasteiger partial charge on any atom is 0.269 e. The van der Waals surface area contributed by atoms with Gasteiger partial charge in [-0.2, -0.15) is 0 Å². The standard InChI is InChI=1S/C26H30N2O6/c1-26-10-9-17-18-13-24(33-2)23(29)12-20(18)22(11-19(17)21(26)7-8-25(26)30)27-34-14-15-3-5-16(6-4-15)28(31)32/h3-6,12-13,17,19,21,25,29-30H,7-11,14H2,1-2H3/t17-,19-,21+,25?,26+/m1/s1. The number of phenols is 1. The summed E-state index contributed by atoms with van der Waals surface area (Å²) in [6, 6.07) is 9.87. The maximum absolute atomic E-state index is 10.9. The third kappa shape index (κ3) is 3.70. The Hall–Kier alpha value is -3.13. The summed E-state index contributed by atoms with van der Waals surface area (Å²) in [5.74, 6) is 1.57. The lowest BCUT2D eigenvalue weighted by molar-refractivity contribution is -0.384. The number of non-ortho nitro benzene ring substituents is 1. The third-order valence-corrected chi connectivity index (χ3v) is 8.43. The summed E-state index contributed by atoms with van der Waals surface area (Å²) < 4.78 is 5.41. The number of hydrogen-bond acceptors (Lipinski definition) is 7. The topological polar surface area (TPSA) is 114 Å². The van der Waals surface area contributed by atoms with Crippen LogP contribution >= 0.6 is 0 Å². The number of oxime groups is 1. The average molecular weight is 467 g/mol. The summed E-state index contributed by atoms with van der Waals surface area (Å²) in [5, 5.41) is 36.6. The molecular weight excluding hydrogens is 436 g/mol. The zero-order valence-corrected chi connectivity index (χ0v) is 19.4. The summed E-state index contributed by atoms with van der Waals surface area (Å²) in [7, 11) is 1.55. The van der Waals surface area contributed by atoms with E-state index in [1.807, 2.05) is 6.07 Å². The van der Waals surface area contributed by atoms with Gasteiger partial charge in [0, 0.05) is 17.7 Å². The highest BCUT2D eigenvalue weighted by Gasteiger charge is 2.55. The van der Waals surface area contributed by atoms with E-state index < -0.39 is 4.92 Å². The van der Waals surface area contributed by atoms with Gasteiger partial charge in [-0.1, -0.05) is 12.1 Å². The van der Waals surface area contributed by atoms with Gasteiger partial charge >= 0.3 is 0 Å². The fraction of sp³-hybridized carbons (Fsp3) is 0.500. The number of benzene rings is 2. The van der Waals surface area contributed by atoms with Crippen molar-refractivity contribution in [3.05, 3.63) is 63.2 Å². The van der Waals surface area contributed by atoms with Crippen molar-refractivity contribution in [1.82, 2.24) is 0 Å². The molecule has 2 aromatic rings. The molecule has 2 aromatic carbocycles. The van der Waals surface area contributed by atoms with E-state index >= 15 is 0 Å². The van der Waals surface area contributed by atoms with Crippen LogP contribution in [0.25, 0.3) is 0 Å². The summed E-state index contributed by atoms with van der Waals surface area (Å²) in [5.41, 5.74) is 3.51. The summed E-state index contributed by atoms with van der Waals surface area (Å²) in [4.78, 5) is 16.1. The molecule has 0 heterocycles. The molecule has 0 amide bonds. The number of nitrogens with zero attached hydrogens (tertiary/aromatic N) is 2. The molecule has 5 atom stereocenters. The maximum atomic E-state index is 10.9. The van der Waals surface area contributed by atoms with Crippen molar-refractivity contribution < 1.29 is 24.7 Å². The Bertz CT molecular complexity index is 1130. The lowest BCUT2D eigenvalue weighted by atomic mass is 9.55. The second-order valence-corrected chi connectivity index (χ2v) is 10.1. The number of rotatable bonds is 5. The number of aliphatic hydroxyl groups excluding tert-OH is 1. The number of aromatic hydroxyl groups is 1. The molecule has 0 bridgehead atoms. The monoisotopic (exact) mass is 466 g/mol. The highest BCUT2D eigenvalue weighted by molar-refractivity contribution is 6.03. The Kier molecular flexibility index (Phi) is 5.72. The predicted octanol–water partition coefficient (Wildman–Crippen LogP) is 4.90. The number of nitro groups is 1. The molecule has 0 radical (unpaired) electrons. The zero-order valence-electron chi connectivity index (χ0n) is 19.4. The van der Waals surface area contributed by atoms with Gasteiger partial charge in [-0.25, -0.2) is 0 Å². The second-order valence-electron chi connectivity index (χ2n) is 10.1. The zero-order chi connectivity index (χ0) is 24.0. The van der Waals surface area contributed by atoms with Crippen LogP contribution in [0.15, 0.2) is 41.6 Å². The summed E-state index contributed by atoms with van der Waals surface area (Å²) >= 11 is 0. The van der Waals surface area contributed by atoms with Crippen molar-refractivity contribution in [3.63, 3.8) is 0 Å². The summed E-state index contributed by atoms with van der Waals surface area (Å²) in [6.07, 6.45) is 4.24. The smallest absolute Gasteiger partial charge is 0.269 e. The number of aliphatic hydroxyl groups is 1. The molecule has 8 heteroatoms. The van der Waals surface area contributed by atoms with Gasteiger partial charge < -0.3 is 19.8 Å². The van der Waals surface area contributed by atoms with Gasteiger partial charge in [0.2, 0.25) is 0 Å². The first-order valence-corrected chi connectivity index (χ1v) is 11.8. The molecule has 2 fully saturated rings. The predicted molar refractivity (Wildman–Crippen MR) is 126 cm³/mol. The Balaban J connectivity index is 1.46. The van der Waals surface area contributed by atoms with Crippen molar-refractivity contribution in [2.75, 3.05) is 7.11 Å². The molecule has 2 saturated carbocycles. The van der Waals surface area contributed by atoms with E-state index in [2.05, 4.69) is 12.1 Å².